The van der Waals surface area contributed by atoms with Gasteiger partial charge in [0.25, 0.3) is 10.0 Å². The molecule has 1 saturated heterocycles. The zero-order valence-electron chi connectivity index (χ0n) is 16.4. The number of ether oxygens (including phenoxy) is 3. The van der Waals surface area contributed by atoms with E-state index in [1.807, 2.05) is 0 Å². The first-order valence-corrected chi connectivity index (χ1v) is 11.8. The molecule has 2 aromatic rings. The number of carbonyl (C=O) groups excluding carboxylic acids is 1. The molecule has 0 N–H and O–H groups in total. The fourth-order valence-electron chi connectivity index (χ4n) is 3.35. The standard InChI is InChI=1S/C20H22N2O6S2/c1-26-16-13-15(14-17-20(16)28-11-10-27-17)4-5-18(23)21-6-8-22(9-7-21)30(24,25)19-3-2-12-29-19/h2-5,12-14H,6-11H2,1H3/b5-4+. The average molecular weight is 451 g/mol. The lowest BCUT2D eigenvalue weighted by molar-refractivity contribution is -0.127. The molecular formula is C20H22N2O6S2. The molecule has 30 heavy (non-hydrogen) atoms. The Morgan fingerprint density at radius 2 is 1.93 bits per heavy atom. The van der Waals surface area contributed by atoms with Crippen LogP contribution in [0.1, 0.15) is 5.56 Å². The number of rotatable bonds is 5. The number of hydrogen-bond acceptors (Lipinski definition) is 7. The summed E-state index contributed by atoms with van der Waals surface area (Å²) in [6.07, 6.45) is 3.17. The molecule has 0 spiro atoms. The Labute approximate surface area is 179 Å². The van der Waals surface area contributed by atoms with Crippen LogP contribution in [0, 0.1) is 0 Å². The Morgan fingerprint density at radius 3 is 2.63 bits per heavy atom. The number of thiophene rings is 1. The summed E-state index contributed by atoms with van der Waals surface area (Å²) < 4.78 is 43.5. The van der Waals surface area contributed by atoms with Crippen LogP contribution in [0.15, 0.2) is 39.9 Å². The lowest BCUT2D eigenvalue weighted by atomic mass is 10.1. The minimum atomic E-state index is -3.48. The van der Waals surface area contributed by atoms with E-state index in [-0.39, 0.29) is 19.0 Å². The summed E-state index contributed by atoms with van der Waals surface area (Å²) in [7, 11) is -1.93. The minimum absolute atomic E-state index is 0.169. The molecule has 160 valence electrons. The van der Waals surface area contributed by atoms with Crippen molar-refractivity contribution in [1.82, 2.24) is 9.21 Å². The van der Waals surface area contributed by atoms with Crippen LogP contribution < -0.4 is 14.2 Å². The van der Waals surface area contributed by atoms with Gasteiger partial charge in [0, 0.05) is 32.3 Å². The molecule has 0 aliphatic carbocycles. The SMILES string of the molecule is COc1cc(/C=C/C(=O)N2CCN(S(=O)(=O)c3cccs3)CC2)cc2c1OCCO2. The summed E-state index contributed by atoms with van der Waals surface area (Å²) in [6.45, 7) is 2.16. The Bertz CT molecular complexity index is 1020. The predicted octanol–water partition coefficient (Wildman–Crippen LogP) is 2.07. The second kappa shape index (κ2) is 8.66. The van der Waals surface area contributed by atoms with Crippen molar-refractivity contribution in [1.29, 1.82) is 0 Å². The predicted molar refractivity (Wildman–Crippen MR) is 113 cm³/mol. The van der Waals surface area contributed by atoms with Crippen molar-refractivity contribution in [2.45, 2.75) is 4.21 Å². The van der Waals surface area contributed by atoms with E-state index in [0.717, 1.165) is 5.56 Å². The quantitative estimate of drug-likeness (QED) is 0.649. The molecule has 2 aliphatic heterocycles. The van der Waals surface area contributed by atoms with Gasteiger partial charge in [0.1, 0.15) is 17.4 Å². The molecule has 3 heterocycles. The van der Waals surface area contributed by atoms with Gasteiger partial charge in [-0.05, 0) is 35.2 Å². The highest BCUT2D eigenvalue weighted by molar-refractivity contribution is 7.91. The summed E-state index contributed by atoms with van der Waals surface area (Å²) in [4.78, 5) is 14.2. The maximum absolute atomic E-state index is 12.6. The molecule has 10 heteroatoms. The second-order valence-electron chi connectivity index (χ2n) is 6.74. The van der Waals surface area contributed by atoms with E-state index in [0.29, 0.717) is 47.8 Å². The van der Waals surface area contributed by atoms with E-state index in [2.05, 4.69) is 0 Å². The third kappa shape index (κ3) is 4.16. The topological polar surface area (TPSA) is 85.4 Å². The third-order valence-electron chi connectivity index (χ3n) is 4.91. The molecular weight excluding hydrogens is 428 g/mol. The molecule has 0 atom stereocenters. The molecule has 1 aromatic carbocycles. The fraction of sp³-hybridized carbons (Fsp3) is 0.350. The molecule has 0 bridgehead atoms. The second-order valence-corrected chi connectivity index (χ2v) is 9.85. The molecule has 1 fully saturated rings. The Balaban J connectivity index is 1.40. The van der Waals surface area contributed by atoms with Gasteiger partial charge in [0.15, 0.2) is 11.5 Å². The third-order valence-corrected chi connectivity index (χ3v) is 8.18. The van der Waals surface area contributed by atoms with Crippen LogP contribution in [0.4, 0.5) is 0 Å². The molecule has 8 nitrogen and oxygen atoms in total. The first kappa shape index (κ1) is 20.7. The summed E-state index contributed by atoms with van der Waals surface area (Å²) in [5.74, 6) is 1.53. The van der Waals surface area contributed by atoms with E-state index in [1.165, 1.54) is 21.7 Å². The summed E-state index contributed by atoms with van der Waals surface area (Å²) in [5, 5.41) is 1.74. The van der Waals surface area contributed by atoms with E-state index in [9.17, 15) is 13.2 Å². The molecule has 2 aliphatic rings. The van der Waals surface area contributed by atoms with Gasteiger partial charge in [0.05, 0.1) is 7.11 Å². The lowest BCUT2D eigenvalue weighted by Crippen LogP contribution is -2.50. The van der Waals surface area contributed by atoms with Crippen molar-refractivity contribution < 1.29 is 27.4 Å². The van der Waals surface area contributed by atoms with Crippen LogP contribution in [0.3, 0.4) is 0 Å². The van der Waals surface area contributed by atoms with E-state index in [4.69, 9.17) is 14.2 Å². The first-order chi connectivity index (χ1) is 14.5. The lowest BCUT2D eigenvalue weighted by Gasteiger charge is -2.33. The van der Waals surface area contributed by atoms with Gasteiger partial charge in [0.2, 0.25) is 11.7 Å². The van der Waals surface area contributed by atoms with Gasteiger partial charge < -0.3 is 19.1 Å². The monoisotopic (exact) mass is 450 g/mol. The number of methoxy groups -OCH3 is 1. The van der Waals surface area contributed by atoms with Crippen molar-refractivity contribution in [2.24, 2.45) is 0 Å². The number of nitrogens with zero attached hydrogens (tertiary/aromatic N) is 2. The van der Waals surface area contributed by atoms with Crippen molar-refractivity contribution in [3.63, 3.8) is 0 Å². The number of hydrogen-bond donors (Lipinski definition) is 0. The molecule has 0 saturated carbocycles. The van der Waals surface area contributed by atoms with Crippen molar-refractivity contribution in [3.8, 4) is 17.2 Å². The first-order valence-electron chi connectivity index (χ1n) is 9.47. The summed E-state index contributed by atoms with van der Waals surface area (Å²) >= 11 is 1.20. The van der Waals surface area contributed by atoms with E-state index in [1.54, 1.807) is 47.7 Å². The largest absolute Gasteiger partial charge is 0.493 e. The molecule has 0 radical (unpaired) electrons. The Kier molecular flexibility index (Phi) is 5.98. The van der Waals surface area contributed by atoms with Crippen LogP contribution >= 0.6 is 11.3 Å². The van der Waals surface area contributed by atoms with Crippen LogP contribution in [-0.2, 0) is 14.8 Å². The van der Waals surface area contributed by atoms with Crippen LogP contribution in [0.25, 0.3) is 6.08 Å². The van der Waals surface area contributed by atoms with Crippen molar-refractivity contribution in [2.75, 3.05) is 46.5 Å². The van der Waals surface area contributed by atoms with Gasteiger partial charge in [-0.3, -0.25) is 4.79 Å². The van der Waals surface area contributed by atoms with Crippen LogP contribution in [0.2, 0.25) is 0 Å². The summed E-state index contributed by atoms with van der Waals surface area (Å²) in [6, 6.07) is 6.89. The molecule has 4 rings (SSSR count). The van der Waals surface area contributed by atoms with Gasteiger partial charge in [-0.25, -0.2) is 8.42 Å². The normalized spacial score (nSPS) is 17.3. The zero-order valence-corrected chi connectivity index (χ0v) is 18.1. The maximum Gasteiger partial charge on any atom is 0.252 e. The summed E-state index contributed by atoms with van der Waals surface area (Å²) in [5.41, 5.74) is 0.753. The molecule has 1 amide bonds. The number of carbonyl (C=O) groups is 1. The van der Waals surface area contributed by atoms with Gasteiger partial charge in [-0.2, -0.15) is 4.31 Å². The highest BCUT2D eigenvalue weighted by Crippen LogP contribution is 2.40. The van der Waals surface area contributed by atoms with Crippen LogP contribution in [0.5, 0.6) is 17.2 Å². The van der Waals surface area contributed by atoms with Crippen molar-refractivity contribution in [3.05, 3.63) is 41.3 Å². The number of amides is 1. The highest BCUT2D eigenvalue weighted by Gasteiger charge is 2.30. The highest BCUT2D eigenvalue weighted by atomic mass is 32.2. The number of piperazine rings is 1. The van der Waals surface area contributed by atoms with Crippen molar-refractivity contribution >= 4 is 33.3 Å². The average Bonchev–Trinajstić information content (AvgIpc) is 3.33. The number of benzene rings is 1. The minimum Gasteiger partial charge on any atom is -0.493 e. The van der Waals surface area contributed by atoms with Gasteiger partial charge >= 0.3 is 0 Å². The number of sulfonamides is 1. The molecule has 0 unspecified atom stereocenters. The van der Waals surface area contributed by atoms with E-state index >= 15 is 0 Å². The Hall–Kier alpha value is -2.56. The maximum atomic E-state index is 12.6. The van der Waals surface area contributed by atoms with E-state index < -0.39 is 10.0 Å². The fourth-order valence-corrected chi connectivity index (χ4v) is 5.92. The smallest absolute Gasteiger partial charge is 0.252 e. The zero-order chi connectivity index (χ0) is 21.1. The van der Waals surface area contributed by atoms with Crippen LogP contribution in [-0.4, -0.2) is 70.0 Å². The molecule has 1 aromatic heterocycles. The Morgan fingerprint density at radius 1 is 1.17 bits per heavy atom. The number of fused-ring (bicyclic) bond motifs is 1. The van der Waals surface area contributed by atoms with Gasteiger partial charge in [-0.15, -0.1) is 11.3 Å². The van der Waals surface area contributed by atoms with Gasteiger partial charge in [-0.1, -0.05) is 6.07 Å².